The second-order valence-electron chi connectivity index (χ2n) is 6.86. The molecule has 2 rings (SSSR count). The summed E-state index contributed by atoms with van der Waals surface area (Å²) < 4.78 is 4.88. The number of carbonyl (C=O) groups excluding carboxylic acids is 2. The van der Waals surface area contributed by atoms with Crippen LogP contribution in [-0.4, -0.2) is 18.9 Å². The number of hydrogen-bond donors (Lipinski definition) is 0. The Hall–Kier alpha value is -0.860. The van der Waals surface area contributed by atoms with E-state index in [4.69, 9.17) is 4.74 Å². The summed E-state index contributed by atoms with van der Waals surface area (Å²) in [5.74, 6) is -0.343. The average molecular weight is 252 g/mol. The smallest absolute Gasteiger partial charge is 0.316 e. The fourth-order valence-corrected chi connectivity index (χ4v) is 4.55. The van der Waals surface area contributed by atoms with Gasteiger partial charge in [0.15, 0.2) is 0 Å². The Morgan fingerprint density at radius 2 is 1.94 bits per heavy atom. The van der Waals surface area contributed by atoms with Gasteiger partial charge in [-0.2, -0.15) is 0 Å². The van der Waals surface area contributed by atoms with E-state index in [1.807, 2.05) is 0 Å². The zero-order chi connectivity index (χ0) is 13.6. The number of fused-ring (bicyclic) bond motifs is 1. The van der Waals surface area contributed by atoms with Gasteiger partial charge >= 0.3 is 5.97 Å². The van der Waals surface area contributed by atoms with Crippen LogP contribution in [0.3, 0.4) is 0 Å². The molecule has 0 radical (unpaired) electrons. The molecule has 0 saturated heterocycles. The minimum absolute atomic E-state index is 0.0818. The number of ether oxygens (including phenoxy) is 1. The molecule has 3 atom stereocenters. The fraction of sp³-hybridized carbons (Fsp3) is 0.867. The first-order valence-corrected chi connectivity index (χ1v) is 6.93. The maximum atomic E-state index is 12.2. The topological polar surface area (TPSA) is 43.4 Å². The Kier molecular flexibility index (Phi) is 3.28. The van der Waals surface area contributed by atoms with E-state index in [0.717, 1.165) is 19.3 Å². The summed E-state index contributed by atoms with van der Waals surface area (Å²) in [6.45, 7) is 6.68. The minimum atomic E-state index is -0.541. The zero-order valence-electron chi connectivity index (χ0n) is 11.9. The number of ketones is 1. The van der Waals surface area contributed by atoms with Crippen molar-refractivity contribution < 1.29 is 14.3 Å². The molecule has 0 heterocycles. The van der Waals surface area contributed by atoms with Crippen molar-refractivity contribution in [3.05, 3.63) is 0 Å². The number of esters is 1. The molecule has 2 aliphatic rings. The van der Waals surface area contributed by atoms with Crippen LogP contribution >= 0.6 is 0 Å². The highest BCUT2D eigenvalue weighted by Crippen LogP contribution is 2.59. The Morgan fingerprint density at radius 3 is 2.56 bits per heavy atom. The summed E-state index contributed by atoms with van der Waals surface area (Å²) in [5.41, 5.74) is 0.0180. The molecular weight excluding hydrogens is 228 g/mol. The second kappa shape index (κ2) is 4.36. The van der Waals surface area contributed by atoms with Crippen LogP contribution in [0.25, 0.3) is 0 Å². The number of rotatable bonds is 1. The summed E-state index contributed by atoms with van der Waals surface area (Å²) in [6.07, 6.45) is 4.71. The van der Waals surface area contributed by atoms with Gasteiger partial charge in [-0.15, -0.1) is 0 Å². The molecule has 2 saturated carbocycles. The lowest BCUT2D eigenvalue weighted by molar-refractivity contribution is -0.167. The highest BCUT2D eigenvalue weighted by Gasteiger charge is 2.57. The summed E-state index contributed by atoms with van der Waals surface area (Å²) in [7, 11) is 1.39. The third kappa shape index (κ3) is 1.88. The lowest BCUT2D eigenvalue weighted by Crippen LogP contribution is -2.54. The van der Waals surface area contributed by atoms with E-state index in [1.165, 1.54) is 13.5 Å². The van der Waals surface area contributed by atoms with Gasteiger partial charge in [-0.05, 0) is 36.0 Å². The molecule has 0 aromatic carbocycles. The van der Waals surface area contributed by atoms with E-state index in [0.29, 0.717) is 12.3 Å². The van der Waals surface area contributed by atoms with Crippen molar-refractivity contribution in [3.63, 3.8) is 0 Å². The number of hydrogen-bond acceptors (Lipinski definition) is 3. The summed E-state index contributed by atoms with van der Waals surface area (Å²) in [5, 5.41) is 0. The van der Waals surface area contributed by atoms with Gasteiger partial charge in [0.25, 0.3) is 0 Å². The van der Waals surface area contributed by atoms with Gasteiger partial charge in [0.1, 0.15) is 11.7 Å². The van der Waals surface area contributed by atoms with Gasteiger partial charge < -0.3 is 4.74 Å². The molecule has 18 heavy (non-hydrogen) atoms. The molecule has 102 valence electrons. The molecule has 0 aromatic heterocycles. The first kappa shape index (κ1) is 13.6. The van der Waals surface area contributed by atoms with Crippen LogP contribution < -0.4 is 0 Å². The Labute approximate surface area is 109 Å². The molecule has 2 fully saturated rings. The monoisotopic (exact) mass is 252 g/mol. The van der Waals surface area contributed by atoms with Gasteiger partial charge in [-0.3, -0.25) is 9.59 Å². The molecule has 0 spiro atoms. The third-order valence-corrected chi connectivity index (χ3v) is 5.37. The largest absolute Gasteiger partial charge is 0.468 e. The lowest BCUT2D eigenvalue weighted by atomic mass is 9.48. The first-order valence-electron chi connectivity index (χ1n) is 6.93. The van der Waals surface area contributed by atoms with Crippen LogP contribution in [0, 0.1) is 22.7 Å². The van der Waals surface area contributed by atoms with Crippen molar-refractivity contribution in [2.75, 3.05) is 7.11 Å². The van der Waals surface area contributed by atoms with Gasteiger partial charge in [0.2, 0.25) is 0 Å². The van der Waals surface area contributed by atoms with Crippen LogP contribution in [0.15, 0.2) is 0 Å². The van der Waals surface area contributed by atoms with Gasteiger partial charge in [-0.25, -0.2) is 0 Å². The predicted molar refractivity (Wildman–Crippen MR) is 69.0 cm³/mol. The van der Waals surface area contributed by atoms with Crippen molar-refractivity contribution in [1.29, 1.82) is 0 Å². The molecule has 0 aliphatic heterocycles. The first-order chi connectivity index (χ1) is 8.33. The van der Waals surface area contributed by atoms with E-state index >= 15 is 0 Å². The Bertz CT molecular complexity index is 364. The molecule has 3 nitrogen and oxygen atoms in total. The van der Waals surface area contributed by atoms with E-state index in [1.54, 1.807) is 0 Å². The standard InChI is InChI=1S/C15H24O3/c1-14(2)8-5-9-15(3)11(14)7-6-10(16)12(15)13(17)18-4/h11-12H,5-9H2,1-4H3/t11-,12+,15-/m1/s1. The normalized spacial score (nSPS) is 39.0. The summed E-state index contributed by atoms with van der Waals surface area (Å²) in [4.78, 5) is 24.2. The van der Waals surface area contributed by atoms with Crippen molar-refractivity contribution in [2.24, 2.45) is 22.7 Å². The molecule has 0 N–H and O–H groups in total. The van der Waals surface area contributed by atoms with Crippen molar-refractivity contribution >= 4 is 11.8 Å². The van der Waals surface area contributed by atoms with E-state index in [-0.39, 0.29) is 22.6 Å². The maximum Gasteiger partial charge on any atom is 0.316 e. The lowest BCUT2D eigenvalue weighted by Gasteiger charge is -2.55. The van der Waals surface area contributed by atoms with Gasteiger partial charge in [0, 0.05) is 6.42 Å². The third-order valence-electron chi connectivity index (χ3n) is 5.37. The van der Waals surface area contributed by atoms with E-state index in [2.05, 4.69) is 20.8 Å². The SMILES string of the molecule is COC(=O)[C@@H]1C(=O)CC[C@@H]2C(C)(C)CCC[C@@]12C. The zero-order valence-corrected chi connectivity index (χ0v) is 11.9. The van der Waals surface area contributed by atoms with Crippen molar-refractivity contribution in [1.82, 2.24) is 0 Å². The molecule has 0 bridgehead atoms. The summed E-state index contributed by atoms with van der Waals surface area (Å²) in [6, 6.07) is 0. The van der Waals surface area contributed by atoms with Crippen LogP contribution in [0.4, 0.5) is 0 Å². The predicted octanol–water partition coefficient (Wildman–Crippen LogP) is 2.97. The fourth-order valence-electron chi connectivity index (χ4n) is 4.55. The molecule has 3 heteroatoms. The van der Waals surface area contributed by atoms with Gasteiger partial charge in [-0.1, -0.05) is 27.2 Å². The highest BCUT2D eigenvalue weighted by atomic mass is 16.5. The highest BCUT2D eigenvalue weighted by molar-refractivity contribution is 6.00. The molecule has 0 aromatic rings. The second-order valence-corrected chi connectivity index (χ2v) is 6.86. The molecule has 0 amide bonds. The van der Waals surface area contributed by atoms with Crippen molar-refractivity contribution in [3.8, 4) is 0 Å². The number of Topliss-reactive ketones (excluding diaryl/α,β-unsaturated/α-hetero) is 1. The number of carbonyl (C=O) groups is 2. The Morgan fingerprint density at radius 1 is 1.28 bits per heavy atom. The Balaban J connectivity index is 2.40. The minimum Gasteiger partial charge on any atom is -0.468 e. The number of methoxy groups -OCH3 is 1. The van der Waals surface area contributed by atoms with Gasteiger partial charge in [0.05, 0.1) is 7.11 Å². The van der Waals surface area contributed by atoms with Crippen molar-refractivity contribution in [2.45, 2.75) is 52.9 Å². The molecule has 0 unspecified atom stereocenters. The van der Waals surface area contributed by atoms with Crippen LogP contribution in [0.2, 0.25) is 0 Å². The average Bonchev–Trinajstić information content (AvgIpc) is 2.26. The summed E-state index contributed by atoms with van der Waals surface area (Å²) >= 11 is 0. The van der Waals surface area contributed by atoms with E-state index in [9.17, 15) is 9.59 Å². The quantitative estimate of drug-likeness (QED) is 0.532. The molecule has 2 aliphatic carbocycles. The van der Waals surface area contributed by atoms with Crippen LogP contribution in [-0.2, 0) is 14.3 Å². The molecular formula is C15H24O3. The maximum absolute atomic E-state index is 12.2. The van der Waals surface area contributed by atoms with Crippen LogP contribution in [0.1, 0.15) is 52.9 Å². The van der Waals surface area contributed by atoms with Crippen LogP contribution in [0.5, 0.6) is 0 Å². The van der Waals surface area contributed by atoms with E-state index < -0.39 is 5.92 Å².